The largest absolute Gasteiger partial charge is 0.480 e. The number of rotatable bonds is 5. The minimum Gasteiger partial charge on any atom is -0.480 e. The Morgan fingerprint density at radius 2 is 2.00 bits per heavy atom. The smallest absolute Gasteiger partial charge is 0.407 e. The molecule has 0 heterocycles. The average Bonchev–Trinajstić information content (AvgIpc) is 2.32. The fraction of sp³-hybridized carbons (Fsp3) is 0.429. The molecule has 1 aromatic carbocycles. The number of carboxylic acids is 1. The lowest BCUT2D eigenvalue weighted by Crippen LogP contribution is -2.32. The first-order valence-corrected chi connectivity index (χ1v) is 6.28. The highest BCUT2D eigenvalue weighted by atomic mass is 16.6. The van der Waals surface area contributed by atoms with E-state index in [4.69, 9.17) is 9.84 Å². The van der Waals surface area contributed by atoms with Gasteiger partial charge in [0.05, 0.1) is 0 Å². The summed E-state index contributed by atoms with van der Waals surface area (Å²) in [5, 5.41) is 14.0. The van der Waals surface area contributed by atoms with Crippen LogP contribution < -0.4 is 10.6 Å². The number of nitrogens with one attached hydrogen (secondary N) is 2. The van der Waals surface area contributed by atoms with Gasteiger partial charge in [0, 0.05) is 12.2 Å². The van der Waals surface area contributed by atoms with Crippen molar-refractivity contribution >= 4 is 17.7 Å². The molecule has 110 valence electrons. The predicted molar refractivity (Wildman–Crippen MR) is 75.6 cm³/mol. The van der Waals surface area contributed by atoms with Gasteiger partial charge in [-0.1, -0.05) is 12.1 Å². The topological polar surface area (TPSA) is 87.7 Å². The number of hydrogen-bond donors (Lipinski definition) is 3. The molecular formula is C14H20N2O4. The lowest BCUT2D eigenvalue weighted by molar-refractivity contribution is -0.134. The zero-order valence-electron chi connectivity index (χ0n) is 11.9. The van der Waals surface area contributed by atoms with E-state index in [1.54, 1.807) is 39.0 Å². The summed E-state index contributed by atoms with van der Waals surface area (Å²) in [7, 11) is 0. The highest BCUT2D eigenvalue weighted by Gasteiger charge is 2.15. The van der Waals surface area contributed by atoms with Gasteiger partial charge in [-0.3, -0.25) is 4.79 Å². The molecule has 0 saturated heterocycles. The van der Waals surface area contributed by atoms with Crippen molar-refractivity contribution in [1.29, 1.82) is 0 Å². The molecule has 0 saturated carbocycles. The highest BCUT2D eigenvalue weighted by molar-refractivity contribution is 5.72. The van der Waals surface area contributed by atoms with E-state index >= 15 is 0 Å². The van der Waals surface area contributed by atoms with Crippen LogP contribution >= 0.6 is 0 Å². The maximum atomic E-state index is 11.5. The number of benzene rings is 1. The van der Waals surface area contributed by atoms with Gasteiger partial charge in [0.15, 0.2) is 0 Å². The van der Waals surface area contributed by atoms with Crippen molar-refractivity contribution in [2.45, 2.75) is 32.9 Å². The molecular weight excluding hydrogens is 260 g/mol. The van der Waals surface area contributed by atoms with Crippen LogP contribution in [0.4, 0.5) is 10.5 Å². The first-order chi connectivity index (χ1) is 9.26. The quantitative estimate of drug-likeness (QED) is 0.769. The fourth-order valence-corrected chi connectivity index (χ4v) is 1.46. The second-order valence-corrected chi connectivity index (χ2v) is 5.30. The summed E-state index contributed by atoms with van der Waals surface area (Å²) in [6, 6.07) is 7.17. The molecule has 1 rings (SSSR count). The summed E-state index contributed by atoms with van der Waals surface area (Å²) < 4.78 is 5.13. The van der Waals surface area contributed by atoms with E-state index in [1.807, 2.05) is 6.07 Å². The molecule has 0 unspecified atom stereocenters. The molecule has 0 aliphatic rings. The van der Waals surface area contributed by atoms with Crippen molar-refractivity contribution in [1.82, 2.24) is 5.32 Å². The Morgan fingerprint density at radius 1 is 1.30 bits per heavy atom. The van der Waals surface area contributed by atoms with Crippen LogP contribution in [0.5, 0.6) is 0 Å². The molecule has 0 bridgehead atoms. The lowest BCUT2D eigenvalue weighted by atomic mass is 10.2. The number of carboxylic acid groups (broad SMARTS) is 1. The van der Waals surface area contributed by atoms with E-state index < -0.39 is 17.7 Å². The van der Waals surface area contributed by atoms with Gasteiger partial charge < -0.3 is 20.5 Å². The molecule has 3 N–H and O–H groups in total. The molecule has 1 amide bonds. The van der Waals surface area contributed by atoms with Crippen LogP contribution in [0.15, 0.2) is 24.3 Å². The van der Waals surface area contributed by atoms with Crippen LogP contribution in [0.25, 0.3) is 0 Å². The Kier molecular flexibility index (Phi) is 5.37. The van der Waals surface area contributed by atoms with Crippen LogP contribution in [0, 0.1) is 0 Å². The molecule has 0 aromatic heterocycles. The molecule has 0 aliphatic carbocycles. The number of anilines is 1. The van der Waals surface area contributed by atoms with Crippen LogP contribution in [-0.4, -0.2) is 29.3 Å². The molecule has 0 spiro atoms. The number of ether oxygens (including phenoxy) is 1. The van der Waals surface area contributed by atoms with Gasteiger partial charge in [0.2, 0.25) is 0 Å². The van der Waals surface area contributed by atoms with Crippen molar-refractivity contribution in [3.63, 3.8) is 0 Å². The second kappa shape index (κ2) is 6.79. The molecule has 20 heavy (non-hydrogen) atoms. The van der Waals surface area contributed by atoms with Gasteiger partial charge >= 0.3 is 12.1 Å². The van der Waals surface area contributed by atoms with Gasteiger partial charge in [-0.15, -0.1) is 0 Å². The summed E-state index contributed by atoms with van der Waals surface area (Å²) in [6.07, 6.45) is -0.485. The summed E-state index contributed by atoms with van der Waals surface area (Å²) in [6.45, 7) is 5.55. The van der Waals surface area contributed by atoms with E-state index in [9.17, 15) is 9.59 Å². The number of hydrogen-bond acceptors (Lipinski definition) is 4. The van der Waals surface area contributed by atoms with Crippen LogP contribution in [0.1, 0.15) is 26.3 Å². The zero-order chi connectivity index (χ0) is 15.2. The second-order valence-electron chi connectivity index (χ2n) is 5.30. The van der Waals surface area contributed by atoms with E-state index in [1.165, 1.54) is 0 Å². The number of amides is 1. The minimum absolute atomic E-state index is 0.150. The highest BCUT2D eigenvalue weighted by Crippen LogP contribution is 2.11. The predicted octanol–water partition coefficient (Wildman–Crippen LogP) is 2.21. The van der Waals surface area contributed by atoms with E-state index in [2.05, 4.69) is 10.6 Å². The van der Waals surface area contributed by atoms with Crippen molar-refractivity contribution < 1.29 is 19.4 Å². The number of carbonyl (C=O) groups excluding carboxylic acids is 1. The van der Waals surface area contributed by atoms with Gasteiger partial charge in [-0.25, -0.2) is 4.79 Å². The van der Waals surface area contributed by atoms with Crippen molar-refractivity contribution in [3.05, 3.63) is 29.8 Å². The Morgan fingerprint density at radius 3 is 2.60 bits per heavy atom. The van der Waals surface area contributed by atoms with E-state index in [0.29, 0.717) is 12.2 Å². The Bertz CT molecular complexity index is 480. The standard InChI is InChI=1S/C14H20N2O4/c1-14(2,3)20-13(19)16-8-10-5-4-6-11(7-10)15-9-12(17)18/h4-7,15H,8-9H2,1-3H3,(H,16,19)(H,17,18). The fourth-order valence-electron chi connectivity index (χ4n) is 1.46. The Hall–Kier alpha value is -2.24. The maximum absolute atomic E-state index is 11.5. The van der Waals surface area contributed by atoms with E-state index in [-0.39, 0.29) is 6.54 Å². The molecule has 1 aromatic rings. The maximum Gasteiger partial charge on any atom is 0.407 e. The SMILES string of the molecule is CC(C)(C)OC(=O)NCc1cccc(NCC(=O)O)c1. The lowest BCUT2D eigenvalue weighted by Gasteiger charge is -2.19. The molecule has 6 heteroatoms. The summed E-state index contributed by atoms with van der Waals surface area (Å²) >= 11 is 0. The summed E-state index contributed by atoms with van der Waals surface area (Å²) in [4.78, 5) is 22.0. The van der Waals surface area contributed by atoms with Crippen molar-refractivity contribution in [2.24, 2.45) is 0 Å². The zero-order valence-corrected chi connectivity index (χ0v) is 11.9. The summed E-state index contributed by atoms with van der Waals surface area (Å²) in [5.41, 5.74) is 1.01. The third kappa shape index (κ3) is 6.63. The molecule has 0 atom stereocenters. The molecule has 0 fully saturated rings. The van der Waals surface area contributed by atoms with E-state index in [0.717, 1.165) is 5.56 Å². The van der Waals surface area contributed by atoms with Crippen LogP contribution in [0.2, 0.25) is 0 Å². The minimum atomic E-state index is -0.928. The first kappa shape index (κ1) is 15.8. The third-order valence-corrected chi connectivity index (χ3v) is 2.21. The number of aliphatic carboxylic acids is 1. The first-order valence-electron chi connectivity index (χ1n) is 6.28. The van der Waals surface area contributed by atoms with Crippen molar-refractivity contribution in [2.75, 3.05) is 11.9 Å². The van der Waals surface area contributed by atoms with Gasteiger partial charge in [0.1, 0.15) is 12.1 Å². The Labute approximate surface area is 118 Å². The molecule has 6 nitrogen and oxygen atoms in total. The van der Waals surface area contributed by atoms with Crippen LogP contribution in [-0.2, 0) is 16.1 Å². The third-order valence-electron chi connectivity index (χ3n) is 2.21. The Balaban J connectivity index is 2.50. The molecule has 0 aliphatic heterocycles. The normalized spacial score (nSPS) is 10.8. The monoisotopic (exact) mass is 280 g/mol. The van der Waals surface area contributed by atoms with Gasteiger partial charge in [-0.05, 0) is 38.5 Å². The number of carbonyl (C=O) groups is 2. The van der Waals surface area contributed by atoms with Crippen LogP contribution in [0.3, 0.4) is 0 Å². The number of alkyl carbamates (subject to hydrolysis) is 1. The van der Waals surface area contributed by atoms with Gasteiger partial charge in [0.25, 0.3) is 0 Å². The molecule has 0 radical (unpaired) electrons. The average molecular weight is 280 g/mol. The summed E-state index contributed by atoms with van der Waals surface area (Å²) in [5.74, 6) is -0.928. The van der Waals surface area contributed by atoms with Crippen molar-refractivity contribution in [3.8, 4) is 0 Å². The van der Waals surface area contributed by atoms with Gasteiger partial charge in [-0.2, -0.15) is 0 Å².